The molecule has 118 valence electrons. The highest BCUT2D eigenvalue weighted by Crippen LogP contribution is 2.23. The summed E-state index contributed by atoms with van der Waals surface area (Å²) in [6.45, 7) is 6.51. The molecule has 1 heterocycles. The molecule has 0 amide bonds. The van der Waals surface area contributed by atoms with E-state index in [-0.39, 0.29) is 5.97 Å². The Labute approximate surface area is 135 Å². The lowest BCUT2D eigenvalue weighted by atomic mass is 10.0. The van der Waals surface area contributed by atoms with Crippen molar-refractivity contribution in [3.8, 4) is 11.4 Å². The van der Waals surface area contributed by atoms with Gasteiger partial charge in [0, 0.05) is 5.56 Å². The highest BCUT2D eigenvalue weighted by molar-refractivity contribution is 5.94. The van der Waals surface area contributed by atoms with Crippen molar-refractivity contribution in [1.82, 2.24) is 9.97 Å². The van der Waals surface area contributed by atoms with Crippen LogP contribution in [0, 0.1) is 0 Å². The highest BCUT2D eigenvalue weighted by atomic mass is 16.5. The van der Waals surface area contributed by atoms with Gasteiger partial charge in [0.15, 0.2) is 0 Å². The number of carbonyl (C=O) groups excluding carboxylic acids is 1. The van der Waals surface area contributed by atoms with Crippen molar-refractivity contribution in [2.24, 2.45) is 0 Å². The van der Waals surface area contributed by atoms with E-state index >= 15 is 0 Å². The Morgan fingerprint density at radius 1 is 1.17 bits per heavy atom. The van der Waals surface area contributed by atoms with E-state index in [9.17, 15) is 4.79 Å². The van der Waals surface area contributed by atoms with Crippen LogP contribution in [0.1, 0.15) is 42.6 Å². The number of imidazole rings is 1. The number of fused-ring (bicyclic) bond motifs is 1. The lowest BCUT2D eigenvalue weighted by Crippen LogP contribution is -2.04. The van der Waals surface area contributed by atoms with Crippen LogP contribution in [0.3, 0.4) is 0 Å². The van der Waals surface area contributed by atoms with Crippen molar-refractivity contribution in [3.05, 3.63) is 53.6 Å². The van der Waals surface area contributed by atoms with Gasteiger partial charge in [-0.05, 0) is 36.6 Å². The molecule has 4 heteroatoms. The summed E-state index contributed by atoms with van der Waals surface area (Å²) in [7, 11) is 0. The van der Waals surface area contributed by atoms with E-state index in [0.29, 0.717) is 18.1 Å². The molecule has 3 rings (SSSR count). The molecule has 1 N–H and O–H groups in total. The van der Waals surface area contributed by atoms with Gasteiger partial charge in [0.05, 0.1) is 23.2 Å². The zero-order chi connectivity index (χ0) is 16.4. The molecular weight excluding hydrogens is 288 g/mol. The van der Waals surface area contributed by atoms with E-state index in [1.165, 1.54) is 5.56 Å². The number of carbonyl (C=O) groups is 1. The van der Waals surface area contributed by atoms with Crippen molar-refractivity contribution < 1.29 is 9.53 Å². The fraction of sp³-hybridized carbons (Fsp3) is 0.263. The Balaban J connectivity index is 1.94. The highest BCUT2D eigenvalue weighted by Gasteiger charge is 2.11. The summed E-state index contributed by atoms with van der Waals surface area (Å²) in [5.74, 6) is 0.995. The second kappa shape index (κ2) is 6.24. The van der Waals surface area contributed by atoms with Gasteiger partial charge in [-0.1, -0.05) is 38.1 Å². The molecule has 0 saturated heterocycles. The molecule has 0 aliphatic carbocycles. The van der Waals surface area contributed by atoms with Crippen LogP contribution < -0.4 is 0 Å². The third-order valence-electron chi connectivity index (χ3n) is 3.84. The Morgan fingerprint density at radius 2 is 1.91 bits per heavy atom. The standard InChI is InChI=1S/C19H20N2O2/c1-4-23-19(22)15-9-10-16-17(11-15)21-18(20-16)14-7-5-13(6-8-14)12(2)3/h5-12H,4H2,1-3H3,(H,20,21). The maximum atomic E-state index is 11.8. The van der Waals surface area contributed by atoms with Crippen LogP contribution in [0.25, 0.3) is 22.4 Å². The smallest absolute Gasteiger partial charge is 0.338 e. The fourth-order valence-corrected chi connectivity index (χ4v) is 2.51. The summed E-state index contributed by atoms with van der Waals surface area (Å²) in [6.07, 6.45) is 0. The first-order chi connectivity index (χ1) is 11.1. The van der Waals surface area contributed by atoms with Crippen LogP contribution in [-0.2, 0) is 4.74 Å². The summed E-state index contributed by atoms with van der Waals surface area (Å²) in [6, 6.07) is 13.7. The van der Waals surface area contributed by atoms with Gasteiger partial charge in [0.25, 0.3) is 0 Å². The average molecular weight is 308 g/mol. The minimum Gasteiger partial charge on any atom is -0.462 e. The van der Waals surface area contributed by atoms with Crippen LogP contribution in [0.15, 0.2) is 42.5 Å². The molecule has 0 spiro atoms. The third-order valence-corrected chi connectivity index (χ3v) is 3.84. The van der Waals surface area contributed by atoms with E-state index in [1.54, 1.807) is 19.1 Å². The van der Waals surface area contributed by atoms with Gasteiger partial charge < -0.3 is 9.72 Å². The van der Waals surface area contributed by atoms with Crippen molar-refractivity contribution in [2.45, 2.75) is 26.7 Å². The summed E-state index contributed by atoms with van der Waals surface area (Å²) in [4.78, 5) is 19.7. The van der Waals surface area contributed by atoms with Crippen molar-refractivity contribution in [3.63, 3.8) is 0 Å². The average Bonchev–Trinajstić information content (AvgIpc) is 2.98. The Bertz CT molecular complexity index is 832. The first-order valence-electron chi connectivity index (χ1n) is 7.85. The fourth-order valence-electron chi connectivity index (χ4n) is 2.51. The maximum Gasteiger partial charge on any atom is 0.338 e. The number of aromatic amines is 1. The summed E-state index contributed by atoms with van der Waals surface area (Å²) >= 11 is 0. The van der Waals surface area contributed by atoms with Gasteiger partial charge in [0.1, 0.15) is 5.82 Å². The van der Waals surface area contributed by atoms with Crippen molar-refractivity contribution >= 4 is 17.0 Å². The number of nitrogens with zero attached hydrogens (tertiary/aromatic N) is 1. The first-order valence-corrected chi connectivity index (χ1v) is 7.85. The Hall–Kier alpha value is -2.62. The quantitative estimate of drug-likeness (QED) is 0.720. The molecule has 0 aliphatic rings. The summed E-state index contributed by atoms with van der Waals surface area (Å²) in [5.41, 5.74) is 4.53. The van der Waals surface area contributed by atoms with Crippen molar-refractivity contribution in [1.29, 1.82) is 0 Å². The lowest BCUT2D eigenvalue weighted by molar-refractivity contribution is 0.0526. The van der Waals surface area contributed by atoms with Crippen LogP contribution in [0.4, 0.5) is 0 Å². The van der Waals surface area contributed by atoms with Gasteiger partial charge >= 0.3 is 5.97 Å². The Morgan fingerprint density at radius 3 is 2.57 bits per heavy atom. The van der Waals surface area contributed by atoms with E-state index < -0.39 is 0 Å². The van der Waals surface area contributed by atoms with Crippen LogP contribution in [0.5, 0.6) is 0 Å². The Kier molecular flexibility index (Phi) is 4.15. The van der Waals surface area contributed by atoms with E-state index in [2.05, 4.69) is 48.1 Å². The topological polar surface area (TPSA) is 55.0 Å². The largest absolute Gasteiger partial charge is 0.462 e. The van der Waals surface area contributed by atoms with Gasteiger partial charge in [-0.3, -0.25) is 0 Å². The monoisotopic (exact) mass is 308 g/mol. The minimum absolute atomic E-state index is 0.313. The normalized spacial score (nSPS) is 11.1. The number of benzene rings is 2. The molecule has 1 aromatic heterocycles. The summed E-state index contributed by atoms with van der Waals surface area (Å²) < 4.78 is 5.03. The zero-order valence-corrected chi connectivity index (χ0v) is 13.6. The second-order valence-corrected chi connectivity index (χ2v) is 5.81. The number of hydrogen-bond donors (Lipinski definition) is 1. The van der Waals surface area contributed by atoms with Gasteiger partial charge in [0.2, 0.25) is 0 Å². The van der Waals surface area contributed by atoms with E-state index in [4.69, 9.17) is 4.74 Å². The van der Waals surface area contributed by atoms with Crippen LogP contribution in [-0.4, -0.2) is 22.5 Å². The molecule has 3 aromatic rings. The van der Waals surface area contributed by atoms with E-state index in [1.807, 2.05) is 6.07 Å². The maximum absolute atomic E-state index is 11.8. The van der Waals surface area contributed by atoms with Crippen LogP contribution in [0.2, 0.25) is 0 Å². The number of ether oxygens (including phenoxy) is 1. The van der Waals surface area contributed by atoms with Gasteiger partial charge in [-0.15, -0.1) is 0 Å². The number of nitrogens with one attached hydrogen (secondary N) is 1. The number of rotatable bonds is 4. The van der Waals surface area contributed by atoms with Gasteiger partial charge in [-0.2, -0.15) is 0 Å². The number of esters is 1. The molecule has 0 saturated carbocycles. The molecule has 0 unspecified atom stereocenters. The lowest BCUT2D eigenvalue weighted by Gasteiger charge is -2.05. The second-order valence-electron chi connectivity index (χ2n) is 5.81. The van der Waals surface area contributed by atoms with Crippen LogP contribution >= 0.6 is 0 Å². The number of hydrogen-bond acceptors (Lipinski definition) is 3. The third kappa shape index (κ3) is 3.11. The molecule has 0 aliphatic heterocycles. The first kappa shape index (κ1) is 15.3. The SMILES string of the molecule is CCOC(=O)c1ccc2nc(-c3ccc(C(C)C)cc3)[nH]c2c1. The number of aromatic nitrogens is 2. The molecule has 0 fully saturated rings. The molecule has 0 radical (unpaired) electrons. The molecule has 23 heavy (non-hydrogen) atoms. The minimum atomic E-state index is -0.313. The molecule has 0 bridgehead atoms. The zero-order valence-electron chi connectivity index (χ0n) is 13.6. The molecular formula is C19H20N2O2. The van der Waals surface area contributed by atoms with Gasteiger partial charge in [-0.25, -0.2) is 9.78 Å². The predicted octanol–water partition coefficient (Wildman–Crippen LogP) is 4.53. The predicted molar refractivity (Wildman–Crippen MR) is 91.6 cm³/mol. The molecule has 0 atom stereocenters. The summed E-state index contributed by atoms with van der Waals surface area (Å²) in [5, 5.41) is 0. The molecule has 4 nitrogen and oxygen atoms in total. The van der Waals surface area contributed by atoms with Crippen molar-refractivity contribution in [2.75, 3.05) is 6.61 Å². The molecule has 2 aromatic carbocycles. The van der Waals surface area contributed by atoms with E-state index in [0.717, 1.165) is 22.4 Å². The number of H-pyrrole nitrogens is 1.